The molecule has 1 heterocycles. The number of hydrogen-bond donors (Lipinski definition) is 1. The van der Waals surface area contributed by atoms with E-state index in [2.05, 4.69) is 4.90 Å². The topological polar surface area (TPSA) is 36.6 Å². The molecule has 1 fully saturated rings. The molecule has 0 amide bonds. The molecule has 2 unspecified atom stereocenters. The molecule has 1 aliphatic carbocycles. The van der Waals surface area contributed by atoms with Crippen LogP contribution in [0.15, 0.2) is 41.0 Å². The average molecular weight is 307 g/mol. The summed E-state index contributed by atoms with van der Waals surface area (Å²) in [6, 6.07) is 7.58. The Morgan fingerprint density at radius 2 is 1.91 bits per heavy atom. The van der Waals surface area contributed by atoms with Gasteiger partial charge in [0.15, 0.2) is 0 Å². The van der Waals surface area contributed by atoms with Crippen LogP contribution >= 0.6 is 0 Å². The van der Waals surface area contributed by atoms with Gasteiger partial charge in [0.05, 0.1) is 24.0 Å². The van der Waals surface area contributed by atoms with Crippen LogP contribution in [-0.2, 0) is 0 Å². The van der Waals surface area contributed by atoms with Gasteiger partial charge in [0.1, 0.15) is 17.4 Å². The summed E-state index contributed by atoms with van der Waals surface area (Å²) in [6.45, 7) is 2.14. The van der Waals surface area contributed by atoms with Crippen molar-refractivity contribution in [1.82, 2.24) is 4.90 Å². The van der Waals surface area contributed by atoms with E-state index in [9.17, 15) is 13.9 Å². The maximum Gasteiger partial charge on any atom is 0.131 e. The lowest BCUT2D eigenvalue weighted by Crippen LogP contribution is -2.33. The second-order valence-electron chi connectivity index (χ2n) is 5.77. The number of hydrogen-bond acceptors (Lipinski definition) is 3. The van der Waals surface area contributed by atoms with E-state index in [-0.39, 0.29) is 18.2 Å². The van der Waals surface area contributed by atoms with E-state index >= 15 is 0 Å². The van der Waals surface area contributed by atoms with Crippen LogP contribution in [0.2, 0.25) is 0 Å². The number of halogens is 2. The Morgan fingerprint density at radius 1 is 1.23 bits per heavy atom. The molecule has 5 heteroatoms. The highest BCUT2D eigenvalue weighted by Gasteiger charge is 2.35. The maximum atomic E-state index is 13.8. The van der Waals surface area contributed by atoms with E-state index in [1.807, 2.05) is 19.1 Å². The first kappa shape index (κ1) is 15.2. The molecule has 22 heavy (non-hydrogen) atoms. The first-order chi connectivity index (χ1) is 10.6. The van der Waals surface area contributed by atoms with Crippen molar-refractivity contribution in [1.29, 1.82) is 0 Å². The van der Waals surface area contributed by atoms with Crippen LogP contribution in [0, 0.1) is 11.6 Å². The zero-order valence-electron chi connectivity index (χ0n) is 12.4. The summed E-state index contributed by atoms with van der Waals surface area (Å²) in [5, 5.41) is 10.3. The summed E-state index contributed by atoms with van der Waals surface area (Å²) in [5.74, 6) is -0.643. The summed E-state index contributed by atoms with van der Waals surface area (Å²) in [6.07, 6.45) is 2.44. The molecule has 0 spiro atoms. The monoisotopic (exact) mass is 307 g/mol. The molecule has 1 aromatic carbocycles. The number of rotatable bonds is 6. The van der Waals surface area contributed by atoms with Gasteiger partial charge in [-0.2, -0.15) is 0 Å². The molecule has 1 saturated carbocycles. The first-order valence-corrected chi connectivity index (χ1v) is 7.49. The molecule has 0 aliphatic heterocycles. The maximum absolute atomic E-state index is 13.8. The third kappa shape index (κ3) is 3.05. The van der Waals surface area contributed by atoms with Gasteiger partial charge in [0.25, 0.3) is 0 Å². The number of aliphatic hydroxyl groups is 1. The minimum absolute atomic E-state index is 0.0491. The molecule has 1 aliphatic rings. The van der Waals surface area contributed by atoms with E-state index in [1.165, 1.54) is 18.2 Å². The van der Waals surface area contributed by atoms with Crippen LogP contribution in [0.5, 0.6) is 0 Å². The van der Waals surface area contributed by atoms with Crippen molar-refractivity contribution in [2.45, 2.75) is 38.0 Å². The Morgan fingerprint density at radius 3 is 2.45 bits per heavy atom. The first-order valence-electron chi connectivity index (χ1n) is 7.49. The van der Waals surface area contributed by atoms with Gasteiger partial charge in [-0.3, -0.25) is 4.90 Å². The van der Waals surface area contributed by atoms with E-state index < -0.39 is 17.7 Å². The molecular weight excluding hydrogens is 288 g/mol. The number of nitrogens with zero attached hydrogens (tertiary/aromatic N) is 1. The second-order valence-corrected chi connectivity index (χ2v) is 5.77. The fraction of sp³-hybridized carbons (Fsp3) is 0.412. The minimum Gasteiger partial charge on any atom is -0.468 e. The summed E-state index contributed by atoms with van der Waals surface area (Å²) < 4.78 is 33.0. The van der Waals surface area contributed by atoms with Crippen LogP contribution in [-0.4, -0.2) is 22.6 Å². The van der Waals surface area contributed by atoms with Gasteiger partial charge < -0.3 is 9.52 Å². The van der Waals surface area contributed by atoms with Crippen molar-refractivity contribution in [3.63, 3.8) is 0 Å². The Labute approximate surface area is 128 Å². The average Bonchev–Trinajstić information content (AvgIpc) is 3.17. The second kappa shape index (κ2) is 6.18. The smallest absolute Gasteiger partial charge is 0.131 e. The van der Waals surface area contributed by atoms with Crippen molar-refractivity contribution in [3.05, 3.63) is 59.6 Å². The summed E-state index contributed by atoms with van der Waals surface area (Å²) in [5.41, 5.74) is -0.264. The molecule has 0 bridgehead atoms. The quantitative estimate of drug-likeness (QED) is 0.881. The van der Waals surface area contributed by atoms with Gasteiger partial charge in [-0.1, -0.05) is 6.07 Å². The van der Waals surface area contributed by atoms with Crippen molar-refractivity contribution in [2.24, 2.45) is 0 Å². The van der Waals surface area contributed by atoms with E-state index in [0.29, 0.717) is 6.04 Å². The Hall–Kier alpha value is -1.72. The zero-order valence-corrected chi connectivity index (χ0v) is 12.4. The lowest BCUT2D eigenvalue weighted by atomic mass is 10.1. The van der Waals surface area contributed by atoms with Gasteiger partial charge >= 0.3 is 0 Å². The minimum atomic E-state index is -1.21. The molecule has 1 N–H and O–H groups in total. The highest BCUT2D eigenvalue weighted by molar-refractivity contribution is 5.22. The largest absolute Gasteiger partial charge is 0.468 e. The predicted octanol–water partition coefficient (Wildman–Crippen LogP) is 3.82. The standard InChI is InChI=1S/C17H19F2NO2/c1-11(16-6-3-9-22-16)20(12-7-8-12)10-15(21)17-13(18)4-2-5-14(17)19/h2-6,9,11-12,15,21H,7-8,10H2,1H3. The third-order valence-electron chi connectivity index (χ3n) is 4.18. The zero-order chi connectivity index (χ0) is 15.7. The van der Waals surface area contributed by atoms with Gasteiger partial charge in [0, 0.05) is 12.6 Å². The van der Waals surface area contributed by atoms with Crippen molar-refractivity contribution in [3.8, 4) is 0 Å². The van der Waals surface area contributed by atoms with Crippen molar-refractivity contribution < 1.29 is 18.3 Å². The van der Waals surface area contributed by atoms with Gasteiger partial charge in [0.2, 0.25) is 0 Å². The van der Waals surface area contributed by atoms with E-state index in [0.717, 1.165) is 18.6 Å². The molecule has 0 saturated heterocycles. The molecule has 3 nitrogen and oxygen atoms in total. The van der Waals surface area contributed by atoms with Crippen molar-refractivity contribution >= 4 is 0 Å². The number of aliphatic hydroxyl groups excluding tert-OH is 1. The van der Waals surface area contributed by atoms with Crippen LogP contribution in [0.1, 0.15) is 43.2 Å². The molecular formula is C17H19F2NO2. The number of furan rings is 1. The van der Waals surface area contributed by atoms with Crippen LogP contribution in [0.3, 0.4) is 0 Å². The molecule has 118 valence electrons. The highest BCUT2D eigenvalue weighted by atomic mass is 19.1. The molecule has 3 rings (SSSR count). The van der Waals surface area contributed by atoms with Crippen LogP contribution in [0.25, 0.3) is 0 Å². The Bertz CT molecular complexity index is 605. The number of benzene rings is 1. The highest BCUT2D eigenvalue weighted by Crippen LogP contribution is 2.36. The normalized spacial score (nSPS) is 17.7. The van der Waals surface area contributed by atoms with Gasteiger partial charge in [-0.05, 0) is 44.0 Å². The van der Waals surface area contributed by atoms with E-state index in [4.69, 9.17) is 4.42 Å². The van der Waals surface area contributed by atoms with E-state index in [1.54, 1.807) is 6.26 Å². The van der Waals surface area contributed by atoms with Crippen LogP contribution in [0.4, 0.5) is 8.78 Å². The van der Waals surface area contributed by atoms with Gasteiger partial charge in [-0.25, -0.2) is 8.78 Å². The molecule has 2 aromatic rings. The fourth-order valence-electron chi connectivity index (χ4n) is 2.84. The predicted molar refractivity (Wildman–Crippen MR) is 78.2 cm³/mol. The fourth-order valence-corrected chi connectivity index (χ4v) is 2.84. The van der Waals surface area contributed by atoms with Crippen LogP contribution < -0.4 is 0 Å². The lowest BCUT2D eigenvalue weighted by Gasteiger charge is -2.30. The lowest BCUT2D eigenvalue weighted by molar-refractivity contribution is 0.0744. The summed E-state index contributed by atoms with van der Waals surface area (Å²) >= 11 is 0. The summed E-state index contributed by atoms with van der Waals surface area (Å²) in [4.78, 5) is 2.05. The summed E-state index contributed by atoms with van der Waals surface area (Å²) in [7, 11) is 0. The molecule has 0 radical (unpaired) electrons. The molecule has 1 aromatic heterocycles. The van der Waals surface area contributed by atoms with Gasteiger partial charge in [-0.15, -0.1) is 0 Å². The Balaban J connectivity index is 1.79. The Kier molecular flexibility index (Phi) is 4.27. The molecule has 2 atom stereocenters. The SMILES string of the molecule is CC(c1ccco1)N(CC(O)c1c(F)cccc1F)C1CC1. The third-order valence-corrected chi connectivity index (χ3v) is 4.18. The van der Waals surface area contributed by atoms with Crippen molar-refractivity contribution in [2.75, 3.05) is 6.54 Å².